The Morgan fingerprint density at radius 2 is 1.87 bits per heavy atom. The zero-order valence-corrected chi connectivity index (χ0v) is 10.4. The van der Waals surface area contributed by atoms with E-state index in [0.717, 1.165) is 11.7 Å². The Morgan fingerprint density at radius 1 is 1.27 bits per heavy atom. The fourth-order valence-corrected chi connectivity index (χ4v) is 2.84. The molecule has 1 aromatic heterocycles. The second-order valence-electron chi connectivity index (χ2n) is 5.72. The number of hydrogen-bond acceptors (Lipinski definition) is 1. The molecule has 1 saturated carbocycles. The molecule has 0 radical (unpaired) electrons. The molecule has 84 valence electrons. The summed E-state index contributed by atoms with van der Waals surface area (Å²) in [5.74, 6) is 1.91. The van der Waals surface area contributed by atoms with Crippen molar-refractivity contribution in [2.75, 3.05) is 0 Å². The maximum atomic E-state index is 4.49. The zero-order chi connectivity index (χ0) is 11.1. The Balaban J connectivity index is 2.39. The van der Waals surface area contributed by atoms with Crippen molar-refractivity contribution in [3.05, 3.63) is 17.7 Å². The predicted molar refractivity (Wildman–Crippen MR) is 63.2 cm³/mol. The first-order valence-electron chi connectivity index (χ1n) is 6.05. The third-order valence-corrected chi connectivity index (χ3v) is 3.41. The van der Waals surface area contributed by atoms with Crippen molar-refractivity contribution in [3.8, 4) is 0 Å². The Hall–Kier alpha value is -0.790. The van der Waals surface area contributed by atoms with E-state index in [9.17, 15) is 0 Å². The van der Waals surface area contributed by atoms with Crippen LogP contribution in [0, 0.1) is 6.92 Å². The molecule has 0 atom stereocenters. The van der Waals surface area contributed by atoms with Crippen molar-refractivity contribution < 1.29 is 0 Å². The fraction of sp³-hybridized carbons (Fsp3) is 0.769. The second-order valence-corrected chi connectivity index (χ2v) is 5.72. The van der Waals surface area contributed by atoms with E-state index in [0.29, 0.717) is 0 Å². The van der Waals surface area contributed by atoms with Gasteiger partial charge in [-0.1, -0.05) is 12.8 Å². The van der Waals surface area contributed by atoms with Crippen LogP contribution < -0.4 is 0 Å². The minimum absolute atomic E-state index is 0.165. The molecule has 0 aliphatic heterocycles. The highest BCUT2D eigenvalue weighted by Crippen LogP contribution is 2.36. The molecule has 2 nitrogen and oxygen atoms in total. The lowest BCUT2D eigenvalue weighted by Crippen LogP contribution is -2.26. The van der Waals surface area contributed by atoms with E-state index in [4.69, 9.17) is 0 Å². The van der Waals surface area contributed by atoms with Crippen LogP contribution in [0.2, 0.25) is 0 Å². The number of hydrogen-bond donors (Lipinski definition) is 0. The summed E-state index contributed by atoms with van der Waals surface area (Å²) in [7, 11) is 0. The average molecular weight is 206 g/mol. The quantitative estimate of drug-likeness (QED) is 0.686. The molecule has 1 aromatic rings. The highest BCUT2D eigenvalue weighted by molar-refractivity contribution is 5.14. The molecule has 1 fully saturated rings. The largest absolute Gasteiger partial charge is 0.327 e. The van der Waals surface area contributed by atoms with Gasteiger partial charge in [0.15, 0.2) is 0 Å². The van der Waals surface area contributed by atoms with Gasteiger partial charge in [-0.2, -0.15) is 0 Å². The number of rotatable bonds is 1. The minimum atomic E-state index is 0.165. The maximum absolute atomic E-state index is 4.49. The van der Waals surface area contributed by atoms with Crippen LogP contribution >= 0.6 is 0 Å². The molecule has 0 N–H and O–H groups in total. The van der Waals surface area contributed by atoms with Crippen LogP contribution in [-0.4, -0.2) is 9.55 Å². The molecule has 0 aromatic carbocycles. The zero-order valence-electron chi connectivity index (χ0n) is 10.4. The topological polar surface area (TPSA) is 17.8 Å². The van der Waals surface area contributed by atoms with Gasteiger partial charge in [0.2, 0.25) is 0 Å². The number of nitrogens with zero attached hydrogens (tertiary/aromatic N) is 2. The van der Waals surface area contributed by atoms with E-state index in [1.54, 1.807) is 0 Å². The van der Waals surface area contributed by atoms with Gasteiger partial charge in [-0.05, 0) is 40.5 Å². The lowest BCUT2D eigenvalue weighted by Gasteiger charge is -2.27. The Morgan fingerprint density at radius 3 is 2.40 bits per heavy atom. The summed E-state index contributed by atoms with van der Waals surface area (Å²) < 4.78 is 2.42. The summed E-state index contributed by atoms with van der Waals surface area (Å²) in [6.07, 6.45) is 7.57. The van der Waals surface area contributed by atoms with Crippen LogP contribution in [0.1, 0.15) is 63.9 Å². The molecule has 1 aliphatic rings. The number of imidazole rings is 1. The summed E-state index contributed by atoms with van der Waals surface area (Å²) in [5, 5.41) is 0. The van der Waals surface area contributed by atoms with E-state index in [2.05, 4.69) is 43.4 Å². The van der Waals surface area contributed by atoms with Crippen LogP contribution in [0.5, 0.6) is 0 Å². The van der Waals surface area contributed by atoms with Gasteiger partial charge in [-0.15, -0.1) is 0 Å². The van der Waals surface area contributed by atoms with Gasteiger partial charge < -0.3 is 4.57 Å². The number of aryl methyl sites for hydroxylation is 1. The molecule has 0 unspecified atom stereocenters. The van der Waals surface area contributed by atoms with Crippen LogP contribution in [0.4, 0.5) is 0 Å². The van der Waals surface area contributed by atoms with Gasteiger partial charge in [0.1, 0.15) is 5.82 Å². The van der Waals surface area contributed by atoms with E-state index in [1.165, 1.54) is 31.4 Å². The molecule has 0 spiro atoms. The fourth-order valence-electron chi connectivity index (χ4n) is 2.84. The van der Waals surface area contributed by atoms with Crippen LogP contribution in [0.3, 0.4) is 0 Å². The molecule has 2 heteroatoms. The molecule has 1 heterocycles. The Kier molecular flexibility index (Phi) is 2.61. The second kappa shape index (κ2) is 3.66. The molecule has 1 aliphatic carbocycles. The Bertz CT molecular complexity index is 338. The average Bonchev–Trinajstić information content (AvgIpc) is 2.68. The third kappa shape index (κ3) is 1.95. The summed E-state index contributed by atoms with van der Waals surface area (Å²) >= 11 is 0. The van der Waals surface area contributed by atoms with Gasteiger partial charge in [0, 0.05) is 23.3 Å². The van der Waals surface area contributed by atoms with Crippen molar-refractivity contribution >= 4 is 0 Å². The molecule has 2 rings (SSSR count). The van der Waals surface area contributed by atoms with Crippen LogP contribution in [-0.2, 0) is 5.54 Å². The smallest absolute Gasteiger partial charge is 0.106 e. The molecule has 15 heavy (non-hydrogen) atoms. The standard InChI is InChI=1S/C13H22N2/c1-10-14-9-12(11-7-5-6-8-11)15(10)13(2,3)4/h9,11H,5-8H2,1-4H3. The van der Waals surface area contributed by atoms with Crippen molar-refractivity contribution in [1.29, 1.82) is 0 Å². The minimum Gasteiger partial charge on any atom is -0.327 e. The third-order valence-electron chi connectivity index (χ3n) is 3.41. The summed E-state index contributed by atoms with van der Waals surface area (Å²) in [4.78, 5) is 4.49. The number of aromatic nitrogens is 2. The molecule has 0 amide bonds. The first-order valence-corrected chi connectivity index (χ1v) is 6.05. The maximum Gasteiger partial charge on any atom is 0.106 e. The van der Waals surface area contributed by atoms with E-state index >= 15 is 0 Å². The van der Waals surface area contributed by atoms with Crippen LogP contribution in [0.15, 0.2) is 6.20 Å². The molecule has 0 saturated heterocycles. The van der Waals surface area contributed by atoms with Crippen molar-refractivity contribution in [3.63, 3.8) is 0 Å². The Labute approximate surface area is 92.7 Å². The van der Waals surface area contributed by atoms with Crippen molar-refractivity contribution in [1.82, 2.24) is 9.55 Å². The first kappa shape index (κ1) is 10.7. The highest BCUT2D eigenvalue weighted by Gasteiger charge is 2.26. The van der Waals surface area contributed by atoms with Crippen molar-refractivity contribution in [2.45, 2.75) is 64.8 Å². The summed E-state index contributed by atoms with van der Waals surface area (Å²) in [5.41, 5.74) is 1.62. The van der Waals surface area contributed by atoms with Gasteiger partial charge in [-0.25, -0.2) is 4.98 Å². The van der Waals surface area contributed by atoms with Gasteiger partial charge in [0.25, 0.3) is 0 Å². The molecular weight excluding hydrogens is 184 g/mol. The molecule has 0 bridgehead atoms. The highest BCUT2D eigenvalue weighted by atomic mass is 15.1. The predicted octanol–water partition coefficient (Wildman–Crippen LogP) is 3.60. The normalized spacial score (nSPS) is 18.7. The van der Waals surface area contributed by atoms with Gasteiger partial charge in [0.05, 0.1) is 0 Å². The van der Waals surface area contributed by atoms with Gasteiger partial charge in [-0.3, -0.25) is 0 Å². The van der Waals surface area contributed by atoms with E-state index in [1.807, 2.05) is 0 Å². The van der Waals surface area contributed by atoms with Gasteiger partial charge >= 0.3 is 0 Å². The van der Waals surface area contributed by atoms with E-state index in [-0.39, 0.29) is 5.54 Å². The van der Waals surface area contributed by atoms with E-state index < -0.39 is 0 Å². The summed E-state index contributed by atoms with van der Waals surface area (Å²) in [6.45, 7) is 8.91. The van der Waals surface area contributed by atoms with Crippen molar-refractivity contribution in [2.24, 2.45) is 0 Å². The lowest BCUT2D eigenvalue weighted by atomic mass is 10.0. The lowest BCUT2D eigenvalue weighted by molar-refractivity contribution is 0.367. The SMILES string of the molecule is Cc1ncc(C2CCCC2)n1C(C)(C)C. The summed E-state index contributed by atoms with van der Waals surface area (Å²) in [6, 6.07) is 0. The first-order chi connectivity index (χ1) is 7.00. The molecular formula is C13H22N2. The van der Waals surface area contributed by atoms with Crippen LogP contribution in [0.25, 0.3) is 0 Å². The monoisotopic (exact) mass is 206 g/mol.